The Morgan fingerprint density at radius 3 is 1.98 bits per heavy atom. The number of pyridine rings is 1. The van der Waals surface area contributed by atoms with Crippen LogP contribution >= 0.6 is 0 Å². The molecule has 0 saturated heterocycles. The summed E-state index contributed by atoms with van der Waals surface area (Å²) in [7, 11) is 0. The summed E-state index contributed by atoms with van der Waals surface area (Å²) in [6, 6.07) is 54.3. The van der Waals surface area contributed by atoms with Crippen molar-refractivity contribution in [2.24, 2.45) is 0 Å². The molecular formula is C51H44IrN4O-2. The Bertz CT molecular complexity index is 2690. The number of imidazole rings is 1. The molecule has 0 unspecified atom stereocenters. The van der Waals surface area contributed by atoms with Gasteiger partial charge in [0.1, 0.15) is 0 Å². The molecule has 0 aliphatic rings. The van der Waals surface area contributed by atoms with Crippen LogP contribution in [0.1, 0.15) is 61.8 Å². The zero-order chi connectivity index (χ0) is 38.8. The number of aryl methyl sites for hydroxylation is 2. The topological polar surface area (TPSA) is 56.7 Å². The number of oxazole rings is 1. The molecular weight excluding hydrogens is 877 g/mol. The second kappa shape index (κ2) is 17.1. The normalized spacial score (nSPS) is 11.2. The Kier molecular flexibility index (Phi) is 11.8. The van der Waals surface area contributed by atoms with E-state index in [1.807, 2.05) is 72.8 Å². The van der Waals surface area contributed by atoms with Crippen molar-refractivity contribution in [3.63, 3.8) is 0 Å². The molecule has 0 atom stereocenters. The maximum atomic E-state index is 6.55. The molecule has 9 rings (SSSR count). The molecule has 5 nitrogen and oxygen atoms in total. The van der Waals surface area contributed by atoms with E-state index in [0.717, 1.165) is 56.0 Å². The summed E-state index contributed by atoms with van der Waals surface area (Å²) >= 11 is 0. The molecule has 0 aliphatic carbocycles. The van der Waals surface area contributed by atoms with Crippen molar-refractivity contribution < 1.29 is 24.5 Å². The Balaban J connectivity index is 0.000000326. The van der Waals surface area contributed by atoms with Crippen LogP contribution in [0.15, 0.2) is 150 Å². The van der Waals surface area contributed by atoms with Gasteiger partial charge in [0.2, 0.25) is 5.89 Å². The van der Waals surface area contributed by atoms with Crippen molar-refractivity contribution >= 4 is 22.1 Å². The Morgan fingerprint density at radius 1 is 0.649 bits per heavy atom. The Hall–Kier alpha value is -5.94. The van der Waals surface area contributed by atoms with E-state index in [4.69, 9.17) is 14.4 Å². The minimum Gasteiger partial charge on any atom is -0.484 e. The molecule has 0 amide bonds. The maximum absolute atomic E-state index is 6.55. The maximum Gasteiger partial charge on any atom is 0.216 e. The van der Waals surface area contributed by atoms with E-state index < -0.39 is 0 Å². The first-order valence-electron chi connectivity index (χ1n) is 19.3. The van der Waals surface area contributed by atoms with Crippen molar-refractivity contribution in [1.82, 2.24) is 19.5 Å². The number of nitrogens with zero attached hydrogens (tertiary/aromatic N) is 4. The van der Waals surface area contributed by atoms with Crippen LogP contribution in [0.4, 0.5) is 0 Å². The van der Waals surface area contributed by atoms with Gasteiger partial charge in [0.05, 0.1) is 22.4 Å². The third-order valence-corrected chi connectivity index (χ3v) is 10.2. The van der Waals surface area contributed by atoms with Gasteiger partial charge in [-0.25, -0.2) is 4.98 Å². The van der Waals surface area contributed by atoms with Gasteiger partial charge >= 0.3 is 0 Å². The number of hydrogen-bond acceptors (Lipinski definition) is 4. The molecule has 3 heterocycles. The van der Waals surface area contributed by atoms with Crippen LogP contribution < -0.4 is 0 Å². The fourth-order valence-corrected chi connectivity index (χ4v) is 7.49. The van der Waals surface area contributed by atoms with Crippen molar-refractivity contribution in [2.75, 3.05) is 0 Å². The predicted octanol–water partition coefficient (Wildman–Crippen LogP) is 13.4. The minimum absolute atomic E-state index is 0. The molecule has 1 radical (unpaired) electrons. The first-order chi connectivity index (χ1) is 27.3. The number of hydrogen-bond donors (Lipinski definition) is 0. The summed E-state index contributed by atoms with van der Waals surface area (Å²) in [6.45, 7) is 13.4. The molecule has 285 valence electrons. The van der Waals surface area contributed by atoms with Gasteiger partial charge in [0.25, 0.3) is 0 Å². The summed E-state index contributed by atoms with van der Waals surface area (Å²) in [5.74, 6) is 2.10. The molecule has 0 aliphatic heterocycles. The van der Waals surface area contributed by atoms with E-state index in [2.05, 4.69) is 130 Å². The van der Waals surface area contributed by atoms with Gasteiger partial charge in [-0.15, -0.1) is 53.6 Å². The average molecular weight is 921 g/mol. The smallest absolute Gasteiger partial charge is 0.216 e. The monoisotopic (exact) mass is 921 g/mol. The standard InChI is InChI=1S/C40H36N3O.C11H8N.Ir/c1-24(2)30-18-13-19-31(25(3)4)37(30)43-35-21-11-10-20-33(35)41-39(43)29-22-32(36-26(5)14-12-15-27(36)6)38-34(23-29)42-40(44-38)28-16-8-7-9-17-28;1-2-6-10(7-3-1)11-8-4-5-9-12-11;/h7-22,24-25H,1-6H3;1-6,8-9H;/q2*-1;. The molecule has 0 bridgehead atoms. The number of aromatic nitrogens is 4. The summed E-state index contributed by atoms with van der Waals surface area (Å²) in [6.07, 6.45) is 1.79. The third kappa shape index (κ3) is 7.89. The van der Waals surface area contributed by atoms with Crippen LogP contribution in [0.3, 0.4) is 0 Å². The van der Waals surface area contributed by atoms with E-state index >= 15 is 0 Å². The molecule has 0 N–H and O–H groups in total. The van der Waals surface area contributed by atoms with Crippen molar-refractivity contribution in [2.45, 2.75) is 53.4 Å². The van der Waals surface area contributed by atoms with Gasteiger partial charge in [-0.05, 0) is 89.5 Å². The fraction of sp³-hybridized carbons (Fsp3) is 0.157. The number of benzene rings is 6. The molecule has 57 heavy (non-hydrogen) atoms. The van der Waals surface area contributed by atoms with E-state index in [0.29, 0.717) is 23.2 Å². The minimum atomic E-state index is 0. The summed E-state index contributed by atoms with van der Waals surface area (Å²) in [5.41, 5.74) is 15.6. The van der Waals surface area contributed by atoms with Gasteiger partial charge in [-0.2, -0.15) is 0 Å². The van der Waals surface area contributed by atoms with Crippen LogP contribution in [-0.4, -0.2) is 19.5 Å². The number of rotatable bonds is 7. The van der Waals surface area contributed by atoms with Crippen LogP contribution in [0.25, 0.3) is 73.0 Å². The Labute approximate surface area is 348 Å². The molecule has 0 spiro atoms. The number of fused-ring (bicyclic) bond motifs is 2. The first-order valence-corrected chi connectivity index (χ1v) is 19.3. The van der Waals surface area contributed by atoms with Gasteiger partial charge in [-0.1, -0.05) is 112 Å². The molecule has 0 saturated carbocycles. The first kappa shape index (κ1) is 39.3. The molecule has 0 fully saturated rings. The quantitative estimate of drug-likeness (QED) is 0.149. The molecule has 6 aromatic carbocycles. The second-order valence-corrected chi connectivity index (χ2v) is 14.8. The van der Waals surface area contributed by atoms with Gasteiger partial charge in [-0.3, -0.25) is 4.98 Å². The van der Waals surface area contributed by atoms with E-state index in [1.54, 1.807) is 6.20 Å². The van der Waals surface area contributed by atoms with Crippen molar-refractivity contribution in [1.29, 1.82) is 0 Å². The number of para-hydroxylation sites is 3. The summed E-state index contributed by atoms with van der Waals surface area (Å²) in [4.78, 5) is 14.5. The van der Waals surface area contributed by atoms with Crippen LogP contribution in [0, 0.1) is 26.0 Å². The fourth-order valence-electron chi connectivity index (χ4n) is 7.49. The van der Waals surface area contributed by atoms with E-state index in [9.17, 15) is 0 Å². The zero-order valence-corrected chi connectivity index (χ0v) is 35.4. The molecule has 6 heteroatoms. The van der Waals surface area contributed by atoms with Crippen LogP contribution in [0.2, 0.25) is 0 Å². The summed E-state index contributed by atoms with van der Waals surface area (Å²) in [5, 5.41) is 0. The summed E-state index contributed by atoms with van der Waals surface area (Å²) < 4.78 is 8.90. The SMILES string of the molecule is Cc1cccc(C)c1-c1cc(-c2nc3ccccc3n2-c2c(C(C)C)cccc2C(C)C)[c-]c2nc(-c3ccccc3)oc12.[Ir].[c-]1ccccc1-c1ccccn1. The van der Waals surface area contributed by atoms with Crippen molar-refractivity contribution in [3.05, 3.63) is 180 Å². The largest absolute Gasteiger partial charge is 0.484 e. The molecule has 9 aromatic rings. The second-order valence-electron chi connectivity index (χ2n) is 14.8. The molecule has 3 aromatic heterocycles. The van der Waals surface area contributed by atoms with Gasteiger partial charge in [0.15, 0.2) is 0 Å². The van der Waals surface area contributed by atoms with E-state index in [-0.39, 0.29) is 20.1 Å². The van der Waals surface area contributed by atoms with E-state index in [1.165, 1.54) is 27.9 Å². The van der Waals surface area contributed by atoms with Gasteiger partial charge < -0.3 is 14.0 Å². The van der Waals surface area contributed by atoms with Crippen LogP contribution in [0.5, 0.6) is 0 Å². The Morgan fingerprint density at radius 2 is 1.32 bits per heavy atom. The zero-order valence-electron chi connectivity index (χ0n) is 33.0. The third-order valence-electron chi connectivity index (χ3n) is 10.2. The predicted molar refractivity (Wildman–Crippen MR) is 230 cm³/mol. The average Bonchev–Trinajstić information content (AvgIpc) is 3.84. The van der Waals surface area contributed by atoms with Crippen molar-refractivity contribution in [3.8, 4) is 50.9 Å². The van der Waals surface area contributed by atoms with Gasteiger partial charge in [0, 0.05) is 43.1 Å². The van der Waals surface area contributed by atoms with Crippen LogP contribution in [-0.2, 0) is 20.1 Å².